The molecule has 0 bridgehead atoms. The maximum absolute atomic E-state index is 13.8. The van der Waals surface area contributed by atoms with Crippen molar-refractivity contribution in [3.8, 4) is 11.5 Å². The molecule has 0 aliphatic heterocycles. The molecule has 0 radical (unpaired) electrons. The second-order valence-electron chi connectivity index (χ2n) is 3.83. The van der Waals surface area contributed by atoms with Gasteiger partial charge in [-0.2, -0.15) is 0 Å². The predicted octanol–water partition coefficient (Wildman–Crippen LogP) is 4.31. The van der Waals surface area contributed by atoms with Crippen molar-refractivity contribution in [2.24, 2.45) is 0 Å². The fraction of sp³-hybridized carbons (Fsp3) is 0.143. The van der Waals surface area contributed by atoms with Crippen LogP contribution in [0.2, 0.25) is 0 Å². The van der Waals surface area contributed by atoms with Crippen LogP contribution < -0.4 is 9.47 Å². The molecule has 0 aliphatic rings. The Labute approximate surface area is 118 Å². The van der Waals surface area contributed by atoms with Gasteiger partial charge in [-0.05, 0) is 18.2 Å². The van der Waals surface area contributed by atoms with Gasteiger partial charge >= 0.3 is 0 Å². The van der Waals surface area contributed by atoms with Crippen molar-refractivity contribution in [2.75, 3.05) is 7.11 Å². The van der Waals surface area contributed by atoms with Crippen LogP contribution in [0.5, 0.6) is 11.5 Å². The highest BCUT2D eigenvalue weighted by atomic mass is 79.9. The van der Waals surface area contributed by atoms with E-state index in [1.165, 1.54) is 25.3 Å². The Bertz CT molecular complexity index is 567. The van der Waals surface area contributed by atoms with E-state index < -0.39 is 11.6 Å². The first-order valence-corrected chi connectivity index (χ1v) is 6.29. The Hall–Kier alpha value is -1.62. The molecule has 2 aromatic rings. The molecule has 0 saturated carbocycles. The molecule has 19 heavy (non-hydrogen) atoms. The van der Waals surface area contributed by atoms with Crippen LogP contribution in [0, 0.1) is 11.6 Å². The molecule has 0 unspecified atom stereocenters. The van der Waals surface area contributed by atoms with Crippen molar-refractivity contribution in [3.63, 3.8) is 0 Å². The molecule has 0 atom stereocenters. The van der Waals surface area contributed by atoms with Crippen LogP contribution >= 0.6 is 15.9 Å². The first-order valence-electron chi connectivity index (χ1n) is 5.50. The number of rotatable bonds is 4. The van der Waals surface area contributed by atoms with Crippen LogP contribution in [0.4, 0.5) is 8.78 Å². The molecule has 0 saturated heterocycles. The molecular weight excluding hydrogens is 318 g/mol. The van der Waals surface area contributed by atoms with Crippen molar-refractivity contribution in [2.45, 2.75) is 6.61 Å². The minimum Gasteiger partial charge on any atom is -0.494 e. The SMILES string of the molecule is COc1cccc(COc2cc(F)cc(Br)c2)c1F. The van der Waals surface area contributed by atoms with Crippen LogP contribution in [0.15, 0.2) is 40.9 Å². The number of methoxy groups -OCH3 is 1. The summed E-state index contributed by atoms with van der Waals surface area (Å²) in [5.41, 5.74) is 0.347. The van der Waals surface area contributed by atoms with Gasteiger partial charge in [-0.15, -0.1) is 0 Å². The van der Waals surface area contributed by atoms with Crippen LogP contribution in [-0.2, 0) is 6.61 Å². The van der Waals surface area contributed by atoms with Crippen molar-refractivity contribution in [3.05, 3.63) is 58.1 Å². The van der Waals surface area contributed by atoms with Crippen molar-refractivity contribution < 1.29 is 18.3 Å². The van der Waals surface area contributed by atoms with Crippen molar-refractivity contribution in [1.82, 2.24) is 0 Å². The lowest BCUT2D eigenvalue weighted by Crippen LogP contribution is -2.00. The van der Waals surface area contributed by atoms with E-state index in [0.717, 1.165) is 0 Å². The normalized spacial score (nSPS) is 10.3. The average molecular weight is 329 g/mol. The Balaban J connectivity index is 2.14. The molecule has 0 heterocycles. The zero-order valence-corrected chi connectivity index (χ0v) is 11.7. The third kappa shape index (κ3) is 3.44. The summed E-state index contributed by atoms with van der Waals surface area (Å²) in [5.74, 6) is -0.411. The third-order valence-corrected chi connectivity index (χ3v) is 2.95. The quantitative estimate of drug-likeness (QED) is 0.832. The van der Waals surface area contributed by atoms with Gasteiger partial charge in [0.05, 0.1) is 7.11 Å². The average Bonchev–Trinajstić information content (AvgIpc) is 2.36. The van der Waals surface area contributed by atoms with Crippen LogP contribution in [0.3, 0.4) is 0 Å². The largest absolute Gasteiger partial charge is 0.494 e. The fourth-order valence-electron chi connectivity index (χ4n) is 1.60. The van der Waals surface area contributed by atoms with Gasteiger partial charge in [-0.1, -0.05) is 28.1 Å². The second kappa shape index (κ2) is 6.02. The van der Waals surface area contributed by atoms with E-state index in [2.05, 4.69) is 15.9 Å². The molecule has 100 valence electrons. The lowest BCUT2D eigenvalue weighted by atomic mass is 10.2. The first-order chi connectivity index (χ1) is 9.10. The monoisotopic (exact) mass is 328 g/mol. The van der Waals surface area contributed by atoms with Crippen LogP contribution in [0.25, 0.3) is 0 Å². The summed E-state index contributed by atoms with van der Waals surface area (Å²) in [5, 5.41) is 0. The molecule has 0 N–H and O–H groups in total. The number of hydrogen-bond acceptors (Lipinski definition) is 2. The smallest absolute Gasteiger partial charge is 0.171 e. The maximum Gasteiger partial charge on any atom is 0.171 e. The highest BCUT2D eigenvalue weighted by Crippen LogP contribution is 2.24. The van der Waals surface area contributed by atoms with Gasteiger partial charge in [0.15, 0.2) is 11.6 Å². The number of ether oxygens (including phenoxy) is 2. The van der Waals surface area contributed by atoms with Gasteiger partial charge in [0.2, 0.25) is 0 Å². The minimum absolute atomic E-state index is 0.00106. The summed E-state index contributed by atoms with van der Waals surface area (Å²) in [6.07, 6.45) is 0. The lowest BCUT2D eigenvalue weighted by molar-refractivity contribution is 0.294. The van der Waals surface area contributed by atoms with E-state index >= 15 is 0 Å². The van der Waals surface area contributed by atoms with E-state index in [1.807, 2.05) is 0 Å². The van der Waals surface area contributed by atoms with Crippen LogP contribution in [0.1, 0.15) is 5.56 Å². The number of hydrogen-bond donors (Lipinski definition) is 0. The molecule has 0 aromatic heterocycles. The summed E-state index contributed by atoms with van der Waals surface area (Å²) < 4.78 is 37.8. The van der Waals surface area contributed by atoms with Crippen LogP contribution in [-0.4, -0.2) is 7.11 Å². The molecule has 0 fully saturated rings. The Morgan fingerprint density at radius 3 is 2.63 bits per heavy atom. The maximum atomic E-state index is 13.8. The van der Waals surface area contributed by atoms with E-state index in [4.69, 9.17) is 9.47 Å². The predicted molar refractivity (Wildman–Crippen MR) is 71.4 cm³/mol. The van der Waals surface area contributed by atoms with E-state index in [-0.39, 0.29) is 12.4 Å². The highest BCUT2D eigenvalue weighted by Gasteiger charge is 2.09. The molecular formula is C14H11BrF2O2. The second-order valence-corrected chi connectivity index (χ2v) is 4.74. The zero-order chi connectivity index (χ0) is 13.8. The molecule has 2 aromatic carbocycles. The molecule has 2 nitrogen and oxygen atoms in total. The number of halogens is 3. The molecule has 0 amide bonds. The lowest BCUT2D eigenvalue weighted by Gasteiger charge is -2.09. The van der Waals surface area contributed by atoms with Gasteiger partial charge in [-0.3, -0.25) is 0 Å². The molecule has 0 spiro atoms. The van der Waals surface area contributed by atoms with Gasteiger partial charge in [0, 0.05) is 16.1 Å². The summed E-state index contributed by atoms with van der Waals surface area (Å²) in [7, 11) is 1.40. The van der Waals surface area contributed by atoms with Gasteiger partial charge in [0.1, 0.15) is 18.2 Å². The fourth-order valence-corrected chi connectivity index (χ4v) is 2.04. The summed E-state index contributed by atoms with van der Waals surface area (Å²) in [4.78, 5) is 0. The number of benzene rings is 2. The van der Waals surface area contributed by atoms with E-state index in [1.54, 1.807) is 18.2 Å². The molecule has 5 heteroatoms. The van der Waals surface area contributed by atoms with Gasteiger partial charge in [-0.25, -0.2) is 8.78 Å². The van der Waals surface area contributed by atoms with Crippen molar-refractivity contribution in [1.29, 1.82) is 0 Å². The van der Waals surface area contributed by atoms with E-state index in [9.17, 15) is 8.78 Å². The summed E-state index contributed by atoms with van der Waals surface area (Å²) in [6, 6.07) is 8.95. The molecule has 2 rings (SSSR count). The topological polar surface area (TPSA) is 18.5 Å². The van der Waals surface area contributed by atoms with Gasteiger partial charge < -0.3 is 9.47 Å². The standard InChI is InChI=1S/C14H11BrF2O2/c1-18-13-4-2-3-9(14(13)17)8-19-12-6-10(15)5-11(16)7-12/h2-7H,8H2,1H3. The third-order valence-electron chi connectivity index (χ3n) is 2.49. The molecule has 0 aliphatic carbocycles. The Kier molecular flexibility index (Phi) is 4.37. The van der Waals surface area contributed by atoms with Crippen molar-refractivity contribution >= 4 is 15.9 Å². The minimum atomic E-state index is -0.472. The Morgan fingerprint density at radius 2 is 1.95 bits per heavy atom. The summed E-state index contributed by atoms with van der Waals surface area (Å²) in [6.45, 7) is -0.00106. The summed E-state index contributed by atoms with van der Waals surface area (Å²) >= 11 is 3.16. The highest BCUT2D eigenvalue weighted by molar-refractivity contribution is 9.10. The first kappa shape index (κ1) is 13.8. The van der Waals surface area contributed by atoms with E-state index in [0.29, 0.717) is 15.8 Å². The Morgan fingerprint density at radius 1 is 1.16 bits per heavy atom. The van der Waals surface area contributed by atoms with Gasteiger partial charge in [0.25, 0.3) is 0 Å². The zero-order valence-electron chi connectivity index (χ0n) is 10.1.